The Labute approximate surface area is 132 Å². The Balaban J connectivity index is 2.02. The fraction of sp³-hybridized carbons (Fsp3) is 0.118. The molecular weight excluding hydrogens is 292 g/mol. The number of nitrogens with zero attached hydrogens (tertiary/aromatic N) is 4. The molecule has 4 aromatic rings. The smallest absolute Gasteiger partial charge is 0.178 e. The maximum atomic E-state index is 5.39. The molecule has 6 heteroatoms. The van der Waals surface area contributed by atoms with Crippen molar-refractivity contribution in [2.45, 2.75) is 0 Å². The predicted molar refractivity (Wildman–Crippen MR) is 86.8 cm³/mol. The lowest BCUT2D eigenvalue weighted by atomic mass is 10.2. The summed E-state index contributed by atoms with van der Waals surface area (Å²) in [5.74, 6) is 1.28. The van der Waals surface area contributed by atoms with Crippen molar-refractivity contribution in [1.82, 2.24) is 19.8 Å². The normalized spacial score (nSPS) is 11.0. The Morgan fingerprint density at radius 1 is 0.913 bits per heavy atom. The third kappa shape index (κ3) is 2.15. The molecule has 2 aromatic carbocycles. The SMILES string of the molecule is COc1cc(OC)c2nnc3cc(-c4ccccc4)nn3c2c1. The van der Waals surface area contributed by atoms with E-state index in [1.807, 2.05) is 42.5 Å². The molecule has 2 heterocycles. The number of aromatic nitrogens is 4. The lowest BCUT2D eigenvalue weighted by Crippen LogP contribution is -1.99. The van der Waals surface area contributed by atoms with Gasteiger partial charge in [-0.2, -0.15) is 5.10 Å². The average molecular weight is 306 g/mol. The van der Waals surface area contributed by atoms with Crippen molar-refractivity contribution in [3.05, 3.63) is 48.5 Å². The zero-order chi connectivity index (χ0) is 15.8. The first-order chi connectivity index (χ1) is 11.3. The molecule has 114 valence electrons. The molecule has 0 spiro atoms. The van der Waals surface area contributed by atoms with Crippen LogP contribution in [0.15, 0.2) is 48.5 Å². The average Bonchev–Trinajstić information content (AvgIpc) is 3.06. The van der Waals surface area contributed by atoms with E-state index in [1.165, 1.54) is 0 Å². The van der Waals surface area contributed by atoms with Crippen molar-refractivity contribution in [3.63, 3.8) is 0 Å². The standard InChI is InChI=1S/C17H14N4O2/c1-22-12-8-14-17(15(9-12)23-2)19-18-16-10-13(20-21(14)16)11-6-4-3-5-7-11/h3-10H,1-2H3. The molecule has 0 unspecified atom stereocenters. The summed E-state index contributed by atoms with van der Waals surface area (Å²) < 4.78 is 12.5. The second-order valence-corrected chi connectivity index (χ2v) is 5.06. The van der Waals surface area contributed by atoms with Gasteiger partial charge in [0.25, 0.3) is 0 Å². The minimum atomic E-state index is 0.602. The summed E-state index contributed by atoms with van der Waals surface area (Å²) in [6, 6.07) is 15.5. The van der Waals surface area contributed by atoms with E-state index in [-0.39, 0.29) is 0 Å². The van der Waals surface area contributed by atoms with E-state index < -0.39 is 0 Å². The first-order valence-electron chi connectivity index (χ1n) is 7.14. The van der Waals surface area contributed by atoms with Crippen molar-refractivity contribution in [2.24, 2.45) is 0 Å². The van der Waals surface area contributed by atoms with Crippen LogP contribution in [-0.4, -0.2) is 34.0 Å². The van der Waals surface area contributed by atoms with Crippen molar-refractivity contribution in [1.29, 1.82) is 0 Å². The lowest BCUT2D eigenvalue weighted by molar-refractivity contribution is 0.397. The molecule has 0 saturated carbocycles. The molecule has 0 atom stereocenters. The summed E-state index contributed by atoms with van der Waals surface area (Å²) in [5.41, 5.74) is 3.97. The van der Waals surface area contributed by atoms with Gasteiger partial charge in [-0.3, -0.25) is 0 Å². The van der Waals surface area contributed by atoms with E-state index in [9.17, 15) is 0 Å². The zero-order valence-corrected chi connectivity index (χ0v) is 12.7. The van der Waals surface area contributed by atoms with Gasteiger partial charge in [-0.25, -0.2) is 4.52 Å². The highest BCUT2D eigenvalue weighted by molar-refractivity contribution is 5.84. The summed E-state index contributed by atoms with van der Waals surface area (Å²) in [5, 5.41) is 13.2. The van der Waals surface area contributed by atoms with Gasteiger partial charge in [-0.1, -0.05) is 30.3 Å². The summed E-state index contributed by atoms with van der Waals surface area (Å²) >= 11 is 0. The number of benzene rings is 2. The molecule has 23 heavy (non-hydrogen) atoms. The van der Waals surface area contributed by atoms with Crippen molar-refractivity contribution in [3.8, 4) is 22.8 Å². The second kappa shape index (κ2) is 5.24. The molecule has 0 saturated heterocycles. The topological polar surface area (TPSA) is 61.5 Å². The third-order valence-electron chi connectivity index (χ3n) is 3.72. The van der Waals surface area contributed by atoms with E-state index in [0.29, 0.717) is 22.7 Å². The molecule has 0 fully saturated rings. The number of rotatable bonds is 3. The molecule has 0 aliphatic heterocycles. The molecular formula is C17H14N4O2. The highest BCUT2D eigenvalue weighted by atomic mass is 16.5. The highest BCUT2D eigenvalue weighted by Gasteiger charge is 2.13. The zero-order valence-electron chi connectivity index (χ0n) is 12.7. The fourth-order valence-electron chi connectivity index (χ4n) is 2.57. The number of hydrogen-bond donors (Lipinski definition) is 0. The minimum Gasteiger partial charge on any atom is -0.497 e. The Kier molecular flexibility index (Phi) is 3.08. The fourth-order valence-corrected chi connectivity index (χ4v) is 2.57. The van der Waals surface area contributed by atoms with Crippen LogP contribution in [0, 0.1) is 0 Å². The molecule has 0 bridgehead atoms. The quantitative estimate of drug-likeness (QED) is 0.582. The van der Waals surface area contributed by atoms with Crippen molar-refractivity contribution in [2.75, 3.05) is 14.2 Å². The van der Waals surface area contributed by atoms with Crippen LogP contribution in [0.2, 0.25) is 0 Å². The van der Waals surface area contributed by atoms with E-state index in [4.69, 9.17) is 9.47 Å². The maximum Gasteiger partial charge on any atom is 0.178 e. The van der Waals surface area contributed by atoms with Crippen LogP contribution >= 0.6 is 0 Å². The summed E-state index contributed by atoms with van der Waals surface area (Å²) in [6.07, 6.45) is 0. The Morgan fingerprint density at radius 2 is 1.74 bits per heavy atom. The largest absolute Gasteiger partial charge is 0.497 e. The molecule has 4 rings (SSSR count). The summed E-state index contributed by atoms with van der Waals surface area (Å²) in [7, 11) is 3.21. The van der Waals surface area contributed by atoms with Gasteiger partial charge in [0.1, 0.15) is 11.3 Å². The molecule has 0 radical (unpaired) electrons. The first-order valence-corrected chi connectivity index (χ1v) is 7.14. The molecule has 0 aliphatic rings. The Bertz CT molecular complexity index is 996. The minimum absolute atomic E-state index is 0.602. The summed E-state index contributed by atoms with van der Waals surface area (Å²) in [6.45, 7) is 0. The second-order valence-electron chi connectivity index (χ2n) is 5.06. The van der Waals surface area contributed by atoms with Crippen LogP contribution in [0.3, 0.4) is 0 Å². The molecule has 0 amide bonds. The van der Waals surface area contributed by atoms with Gasteiger partial charge in [0.15, 0.2) is 16.9 Å². The number of fused-ring (bicyclic) bond motifs is 3. The van der Waals surface area contributed by atoms with Crippen molar-refractivity contribution >= 4 is 16.7 Å². The Hall–Kier alpha value is -3.15. The molecule has 0 N–H and O–H groups in total. The van der Waals surface area contributed by atoms with Gasteiger partial charge in [0.2, 0.25) is 0 Å². The first kappa shape index (κ1) is 13.5. The van der Waals surface area contributed by atoms with Crippen molar-refractivity contribution < 1.29 is 9.47 Å². The van der Waals surface area contributed by atoms with E-state index >= 15 is 0 Å². The van der Waals surface area contributed by atoms with E-state index in [1.54, 1.807) is 24.8 Å². The maximum absolute atomic E-state index is 5.39. The van der Waals surface area contributed by atoms with Crippen LogP contribution in [0.4, 0.5) is 0 Å². The van der Waals surface area contributed by atoms with E-state index in [0.717, 1.165) is 16.8 Å². The van der Waals surface area contributed by atoms with Gasteiger partial charge in [-0.15, -0.1) is 10.2 Å². The van der Waals surface area contributed by atoms with E-state index in [2.05, 4.69) is 15.3 Å². The predicted octanol–water partition coefficient (Wildman–Crippen LogP) is 2.96. The number of methoxy groups -OCH3 is 2. The monoisotopic (exact) mass is 306 g/mol. The molecule has 0 aliphatic carbocycles. The van der Waals surface area contributed by atoms with Gasteiger partial charge < -0.3 is 9.47 Å². The van der Waals surface area contributed by atoms with Crippen LogP contribution in [0.25, 0.3) is 27.9 Å². The van der Waals surface area contributed by atoms with Crippen LogP contribution in [0.1, 0.15) is 0 Å². The molecule has 2 aromatic heterocycles. The summed E-state index contributed by atoms with van der Waals surface area (Å²) in [4.78, 5) is 0. The third-order valence-corrected chi connectivity index (χ3v) is 3.72. The number of hydrogen-bond acceptors (Lipinski definition) is 5. The number of ether oxygens (including phenoxy) is 2. The lowest BCUT2D eigenvalue weighted by Gasteiger charge is -2.08. The van der Waals surface area contributed by atoms with Crippen LogP contribution in [-0.2, 0) is 0 Å². The van der Waals surface area contributed by atoms with Crippen LogP contribution < -0.4 is 9.47 Å². The van der Waals surface area contributed by atoms with Gasteiger partial charge >= 0.3 is 0 Å². The highest BCUT2D eigenvalue weighted by Crippen LogP contribution is 2.30. The molecule has 6 nitrogen and oxygen atoms in total. The van der Waals surface area contributed by atoms with Gasteiger partial charge in [0, 0.05) is 23.8 Å². The van der Waals surface area contributed by atoms with Gasteiger partial charge in [-0.05, 0) is 0 Å². The van der Waals surface area contributed by atoms with Gasteiger partial charge in [0.05, 0.1) is 19.9 Å². The Morgan fingerprint density at radius 3 is 2.48 bits per heavy atom. The van der Waals surface area contributed by atoms with Crippen LogP contribution in [0.5, 0.6) is 11.5 Å².